The molecule has 0 saturated carbocycles. The van der Waals surface area contributed by atoms with Gasteiger partial charge in [0.15, 0.2) is 17.4 Å². The smallest absolute Gasteiger partial charge is 0.315 e. The van der Waals surface area contributed by atoms with E-state index in [1.54, 1.807) is 23.1 Å². The fraction of sp³-hybridized carbons (Fsp3) is 0.364. The van der Waals surface area contributed by atoms with Crippen molar-refractivity contribution in [2.45, 2.75) is 19.4 Å². The second kappa shape index (κ2) is 8.41. The summed E-state index contributed by atoms with van der Waals surface area (Å²) in [5.74, 6) is -1.77. The Bertz CT molecular complexity index is 1010. The predicted molar refractivity (Wildman–Crippen MR) is 111 cm³/mol. The summed E-state index contributed by atoms with van der Waals surface area (Å²) in [6, 6.07) is 7.70. The minimum atomic E-state index is -0.757. The summed E-state index contributed by atoms with van der Waals surface area (Å²) >= 11 is 0. The van der Waals surface area contributed by atoms with Crippen LogP contribution in [0.1, 0.15) is 12.5 Å². The van der Waals surface area contributed by atoms with Crippen LogP contribution < -0.4 is 19.7 Å². The number of ether oxygens (including phenoxy) is 2. The lowest BCUT2D eigenvalue weighted by atomic mass is 10.1. The molecular formula is C22H23F2N3O4. The van der Waals surface area contributed by atoms with Crippen LogP contribution >= 0.6 is 0 Å². The molecule has 2 aliphatic rings. The van der Waals surface area contributed by atoms with Crippen LogP contribution in [-0.4, -0.2) is 56.1 Å². The molecule has 2 heterocycles. The molecule has 1 amide bonds. The average molecular weight is 431 g/mol. The number of benzene rings is 2. The van der Waals surface area contributed by atoms with Gasteiger partial charge in [0.25, 0.3) is 0 Å². The molecule has 1 saturated heterocycles. The Kier molecular flexibility index (Phi) is 5.67. The Morgan fingerprint density at radius 3 is 2.65 bits per heavy atom. The Morgan fingerprint density at radius 2 is 1.97 bits per heavy atom. The number of hydrogen-bond acceptors (Lipinski definition) is 6. The third-order valence-electron chi connectivity index (χ3n) is 5.57. The van der Waals surface area contributed by atoms with Crippen molar-refractivity contribution in [3.63, 3.8) is 0 Å². The van der Waals surface area contributed by atoms with Gasteiger partial charge in [-0.15, -0.1) is 0 Å². The van der Waals surface area contributed by atoms with Gasteiger partial charge >= 0.3 is 5.97 Å². The minimum absolute atomic E-state index is 0.0870. The van der Waals surface area contributed by atoms with Crippen molar-refractivity contribution in [3.8, 4) is 11.5 Å². The van der Waals surface area contributed by atoms with Crippen LogP contribution in [0.15, 0.2) is 30.3 Å². The van der Waals surface area contributed by atoms with Crippen molar-refractivity contribution in [2.75, 3.05) is 43.5 Å². The third kappa shape index (κ3) is 4.26. The standard InChI is InChI=1S/C22H23F2N3O4/c1-13-12-26(5-6-27(13)16-9-17(23)22(30-2)18(24)10-16)20(28)11-25-15-4-3-14-7-21(29)31-19(14)8-15/h3-4,8-10,13,25H,5-7,11-12H2,1-2H3/t13-/m1/s1. The maximum absolute atomic E-state index is 14.1. The van der Waals surface area contributed by atoms with Gasteiger partial charge in [-0.25, -0.2) is 8.78 Å². The molecule has 0 unspecified atom stereocenters. The van der Waals surface area contributed by atoms with Crippen LogP contribution in [0.3, 0.4) is 0 Å². The largest absolute Gasteiger partial charge is 0.491 e. The lowest BCUT2D eigenvalue weighted by Gasteiger charge is -2.41. The first kappa shape index (κ1) is 20.9. The van der Waals surface area contributed by atoms with Crippen molar-refractivity contribution in [1.82, 2.24) is 4.90 Å². The van der Waals surface area contributed by atoms with Gasteiger partial charge in [-0.05, 0) is 13.0 Å². The predicted octanol–water partition coefficient (Wildman–Crippen LogP) is 2.58. The van der Waals surface area contributed by atoms with E-state index in [0.29, 0.717) is 36.8 Å². The summed E-state index contributed by atoms with van der Waals surface area (Å²) < 4.78 is 38.0. The number of halogens is 2. The van der Waals surface area contributed by atoms with Crippen LogP contribution in [0.25, 0.3) is 0 Å². The lowest BCUT2D eigenvalue weighted by molar-refractivity contribution is -0.132. The topological polar surface area (TPSA) is 71.1 Å². The highest BCUT2D eigenvalue weighted by Gasteiger charge is 2.28. The molecule has 9 heteroatoms. The van der Waals surface area contributed by atoms with Crippen molar-refractivity contribution in [3.05, 3.63) is 47.5 Å². The average Bonchev–Trinajstić information content (AvgIpc) is 3.10. The summed E-state index contributed by atoms with van der Waals surface area (Å²) in [5, 5.41) is 3.06. The van der Waals surface area contributed by atoms with Crippen molar-refractivity contribution in [2.24, 2.45) is 0 Å². The molecule has 2 aliphatic heterocycles. The van der Waals surface area contributed by atoms with Gasteiger partial charge in [0, 0.05) is 60.8 Å². The second-order valence-corrected chi connectivity index (χ2v) is 7.65. The molecule has 0 aromatic heterocycles. The highest BCUT2D eigenvalue weighted by atomic mass is 19.1. The lowest BCUT2D eigenvalue weighted by Crippen LogP contribution is -2.54. The summed E-state index contributed by atoms with van der Waals surface area (Å²) in [6.45, 7) is 3.30. The van der Waals surface area contributed by atoms with E-state index in [9.17, 15) is 18.4 Å². The molecule has 164 valence electrons. The van der Waals surface area contributed by atoms with Crippen molar-refractivity contribution >= 4 is 23.3 Å². The fourth-order valence-corrected chi connectivity index (χ4v) is 3.98. The van der Waals surface area contributed by atoms with E-state index in [4.69, 9.17) is 9.47 Å². The van der Waals surface area contributed by atoms with Gasteiger partial charge in [0.05, 0.1) is 20.1 Å². The number of hydrogen-bond donors (Lipinski definition) is 1. The number of rotatable bonds is 5. The van der Waals surface area contributed by atoms with Gasteiger partial charge < -0.3 is 24.6 Å². The first-order chi connectivity index (χ1) is 14.9. The zero-order valence-corrected chi connectivity index (χ0v) is 17.3. The van der Waals surface area contributed by atoms with Gasteiger partial charge in [-0.3, -0.25) is 9.59 Å². The maximum atomic E-state index is 14.1. The van der Waals surface area contributed by atoms with Gasteiger partial charge in [0.1, 0.15) is 5.75 Å². The number of nitrogens with one attached hydrogen (secondary N) is 1. The number of fused-ring (bicyclic) bond motifs is 1. The van der Waals surface area contributed by atoms with E-state index >= 15 is 0 Å². The van der Waals surface area contributed by atoms with Crippen LogP contribution in [0.4, 0.5) is 20.2 Å². The zero-order valence-electron chi connectivity index (χ0n) is 17.3. The molecule has 31 heavy (non-hydrogen) atoms. The Morgan fingerprint density at radius 1 is 1.23 bits per heavy atom. The highest BCUT2D eigenvalue weighted by Crippen LogP contribution is 2.30. The normalized spacial score (nSPS) is 17.9. The highest BCUT2D eigenvalue weighted by molar-refractivity contribution is 5.83. The quantitative estimate of drug-likeness (QED) is 0.580. The molecule has 0 spiro atoms. The fourth-order valence-electron chi connectivity index (χ4n) is 3.98. The van der Waals surface area contributed by atoms with Gasteiger partial charge in [-0.1, -0.05) is 6.07 Å². The summed E-state index contributed by atoms with van der Waals surface area (Å²) in [4.78, 5) is 27.6. The monoisotopic (exact) mass is 431 g/mol. The Hall–Kier alpha value is -3.36. The van der Waals surface area contributed by atoms with E-state index in [1.165, 1.54) is 19.2 Å². The zero-order chi connectivity index (χ0) is 22.1. The molecule has 1 atom stereocenters. The number of nitrogens with zero attached hydrogens (tertiary/aromatic N) is 2. The molecule has 7 nitrogen and oxygen atoms in total. The molecule has 2 aromatic rings. The van der Waals surface area contributed by atoms with Crippen LogP contribution in [0.2, 0.25) is 0 Å². The third-order valence-corrected chi connectivity index (χ3v) is 5.57. The Labute approximate surface area is 178 Å². The first-order valence-corrected chi connectivity index (χ1v) is 10.0. The SMILES string of the molecule is COc1c(F)cc(N2CCN(C(=O)CNc3ccc4c(c3)OC(=O)C4)C[C@H]2C)cc1F. The molecule has 1 N–H and O–H groups in total. The molecule has 1 fully saturated rings. The summed E-state index contributed by atoms with van der Waals surface area (Å²) in [5.41, 5.74) is 1.94. The van der Waals surface area contributed by atoms with E-state index < -0.39 is 17.4 Å². The number of carbonyl (C=O) groups is 2. The number of esters is 1. The van der Waals surface area contributed by atoms with Crippen molar-refractivity contribution in [1.29, 1.82) is 0 Å². The van der Waals surface area contributed by atoms with Crippen LogP contribution in [0.5, 0.6) is 11.5 Å². The number of anilines is 2. The molecule has 4 rings (SSSR count). The van der Waals surface area contributed by atoms with Gasteiger partial charge in [0.2, 0.25) is 5.91 Å². The van der Waals surface area contributed by atoms with Gasteiger partial charge in [-0.2, -0.15) is 0 Å². The number of amides is 1. The Balaban J connectivity index is 1.35. The maximum Gasteiger partial charge on any atom is 0.315 e. The number of carbonyl (C=O) groups excluding carboxylic acids is 2. The molecule has 0 aliphatic carbocycles. The van der Waals surface area contributed by atoms with Crippen molar-refractivity contribution < 1.29 is 27.8 Å². The van der Waals surface area contributed by atoms with E-state index in [2.05, 4.69) is 5.32 Å². The number of methoxy groups -OCH3 is 1. The second-order valence-electron chi connectivity index (χ2n) is 7.65. The first-order valence-electron chi connectivity index (χ1n) is 10.0. The van der Waals surface area contributed by atoms with Crippen LogP contribution in [-0.2, 0) is 16.0 Å². The number of piperazine rings is 1. The van der Waals surface area contributed by atoms with E-state index in [1.807, 2.05) is 11.8 Å². The molecular weight excluding hydrogens is 408 g/mol. The van der Waals surface area contributed by atoms with E-state index in [-0.39, 0.29) is 30.9 Å². The summed E-state index contributed by atoms with van der Waals surface area (Å²) in [6.07, 6.45) is 0.263. The van der Waals surface area contributed by atoms with Crippen LogP contribution in [0, 0.1) is 11.6 Å². The van der Waals surface area contributed by atoms with E-state index in [0.717, 1.165) is 5.56 Å². The summed E-state index contributed by atoms with van der Waals surface area (Å²) in [7, 11) is 1.22. The molecule has 0 bridgehead atoms. The molecule has 2 aromatic carbocycles. The minimum Gasteiger partial charge on any atom is -0.491 e. The molecule has 0 radical (unpaired) electrons.